The van der Waals surface area contributed by atoms with Gasteiger partial charge in [-0.1, -0.05) is 6.07 Å². The average molecular weight is 595 g/mol. The molecule has 1 aromatic carbocycles. The van der Waals surface area contributed by atoms with Crippen LogP contribution in [0, 0.1) is 11.6 Å². The molecule has 1 aliphatic heterocycles. The third-order valence-corrected chi connectivity index (χ3v) is 7.49. The summed E-state index contributed by atoms with van der Waals surface area (Å²) in [4.78, 5) is 27.5. The lowest BCUT2D eigenvalue weighted by molar-refractivity contribution is -0.138. The van der Waals surface area contributed by atoms with Gasteiger partial charge in [0.1, 0.15) is 53.2 Å². The molecule has 0 unspecified atom stereocenters. The van der Waals surface area contributed by atoms with Crippen molar-refractivity contribution in [1.82, 2.24) is 29.6 Å². The quantitative estimate of drug-likeness (QED) is 0.173. The van der Waals surface area contributed by atoms with Gasteiger partial charge in [-0.2, -0.15) is 5.10 Å². The molecule has 5 rings (SSSR count). The van der Waals surface area contributed by atoms with E-state index in [1.54, 1.807) is 17.9 Å². The second-order valence-electron chi connectivity index (χ2n) is 10.6. The summed E-state index contributed by atoms with van der Waals surface area (Å²) in [6.45, 7) is 2.72. The highest BCUT2D eigenvalue weighted by Crippen LogP contribution is 2.21. The molecule has 4 aromatic rings. The number of carbonyl (C=O) groups is 1. The number of nitrogens with zero attached hydrogens (tertiary/aromatic N) is 6. The number of rotatable bonds is 15. The Morgan fingerprint density at radius 2 is 2.00 bits per heavy atom. The number of aromatic nitrogens is 5. The zero-order valence-corrected chi connectivity index (χ0v) is 24.1. The van der Waals surface area contributed by atoms with Gasteiger partial charge in [0.2, 0.25) is 0 Å². The van der Waals surface area contributed by atoms with Crippen molar-refractivity contribution in [2.75, 3.05) is 43.4 Å². The Kier molecular flexibility index (Phi) is 9.92. The molecule has 0 amide bonds. The van der Waals surface area contributed by atoms with E-state index in [0.717, 1.165) is 68.4 Å². The molecule has 13 heteroatoms. The SMILES string of the molecule is Cn1ncc2ncnc(N[C@@H](CCN(CCCCc3ccc4c(n3)NCCC4)CCOc3cc(F)cc(F)c3)C(=O)O)c21. The van der Waals surface area contributed by atoms with Crippen molar-refractivity contribution in [3.8, 4) is 5.75 Å². The number of pyridine rings is 1. The standard InChI is InChI=1S/C30H36F2N8O3/c1-39-27-26(18-36-39)34-19-35-29(27)38-25(30(41)42)9-12-40(13-14-43-24-16-21(31)15-22(32)17-24)11-3-2-6-23-8-7-20-5-4-10-33-28(20)37-23/h7-8,15-19,25H,2-6,9-14H2,1H3,(H,33,37)(H,41,42)(H,34,35,38)/t25-/m0/s1. The highest BCUT2D eigenvalue weighted by molar-refractivity contribution is 5.87. The van der Waals surface area contributed by atoms with Crippen molar-refractivity contribution in [3.63, 3.8) is 0 Å². The van der Waals surface area contributed by atoms with Crippen molar-refractivity contribution in [3.05, 3.63) is 65.7 Å². The van der Waals surface area contributed by atoms with E-state index in [9.17, 15) is 18.7 Å². The van der Waals surface area contributed by atoms with Gasteiger partial charge in [-0.25, -0.2) is 28.5 Å². The molecular weight excluding hydrogens is 558 g/mol. The van der Waals surface area contributed by atoms with E-state index in [-0.39, 0.29) is 18.8 Å². The highest BCUT2D eigenvalue weighted by Gasteiger charge is 2.21. The van der Waals surface area contributed by atoms with Crippen LogP contribution in [-0.2, 0) is 24.7 Å². The second kappa shape index (κ2) is 14.2. The van der Waals surface area contributed by atoms with Crippen LogP contribution in [0.2, 0.25) is 0 Å². The molecule has 1 aliphatic rings. The molecule has 0 aliphatic carbocycles. The summed E-state index contributed by atoms with van der Waals surface area (Å²) in [6.07, 6.45) is 8.00. The van der Waals surface area contributed by atoms with Gasteiger partial charge in [0.05, 0.1) is 6.20 Å². The number of ether oxygens (including phenoxy) is 1. The summed E-state index contributed by atoms with van der Waals surface area (Å²) in [5.74, 6) is -0.935. The Hall–Kier alpha value is -4.39. The largest absolute Gasteiger partial charge is 0.492 e. The highest BCUT2D eigenvalue weighted by atomic mass is 19.1. The van der Waals surface area contributed by atoms with Gasteiger partial charge in [-0.05, 0) is 56.7 Å². The summed E-state index contributed by atoms with van der Waals surface area (Å²) in [5, 5.41) is 20.6. The second-order valence-corrected chi connectivity index (χ2v) is 10.6. The number of aliphatic carboxylic acids is 1. The van der Waals surface area contributed by atoms with E-state index in [1.807, 2.05) is 0 Å². The maximum absolute atomic E-state index is 13.6. The lowest BCUT2D eigenvalue weighted by atomic mass is 10.1. The molecular formula is C30H36F2N8O3. The smallest absolute Gasteiger partial charge is 0.326 e. The van der Waals surface area contributed by atoms with E-state index >= 15 is 0 Å². The van der Waals surface area contributed by atoms with Gasteiger partial charge < -0.3 is 20.5 Å². The molecule has 3 aromatic heterocycles. The molecule has 0 radical (unpaired) electrons. The zero-order valence-electron chi connectivity index (χ0n) is 24.1. The molecule has 3 N–H and O–H groups in total. The van der Waals surface area contributed by atoms with Gasteiger partial charge >= 0.3 is 5.97 Å². The first-order chi connectivity index (χ1) is 20.9. The third-order valence-electron chi connectivity index (χ3n) is 7.49. The summed E-state index contributed by atoms with van der Waals surface area (Å²) in [6, 6.07) is 6.39. The molecule has 43 heavy (non-hydrogen) atoms. The number of carboxylic acids is 1. The van der Waals surface area contributed by atoms with Gasteiger partial charge in [-0.15, -0.1) is 0 Å². The predicted octanol–water partition coefficient (Wildman–Crippen LogP) is 4.05. The van der Waals surface area contributed by atoms with Gasteiger partial charge in [0.15, 0.2) is 5.82 Å². The summed E-state index contributed by atoms with van der Waals surface area (Å²) in [5.41, 5.74) is 3.53. The van der Waals surface area contributed by atoms with Gasteiger partial charge in [0.25, 0.3) is 0 Å². The van der Waals surface area contributed by atoms with Crippen LogP contribution in [0.1, 0.15) is 36.9 Å². The molecule has 0 spiro atoms. The number of benzene rings is 1. The fourth-order valence-electron chi connectivity index (χ4n) is 5.23. The van der Waals surface area contributed by atoms with Crippen LogP contribution in [0.4, 0.5) is 20.4 Å². The molecule has 11 nitrogen and oxygen atoms in total. The minimum absolute atomic E-state index is 0.110. The van der Waals surface area contributed by atoms with E-state index in [2.05, 4.69) is 42.7 Å². The average Bonchev–Trinajstić information content (AvgIpc) is 3.37. The Bertz CT molecular complexity index is 1530. The van der Waals surface area contributed by atoms with Crippen LogP contribution in [0.5, 0.6) is 5.75 Å². The van der Waals surface area contributed by atoms with Crippen molar-refractivity contribution in [2.24, 2.45) is 7.05 Å². The lowest BCUT2D eigenvalue weighted by Crippen LogP contribution is -2.37. The van der Waals surface area contributed by atoms with Crippen LogP contribution in [0.25, 0.3) is 11.0 Å². The number of fused-ring (bicyclic) bond motifs is 2. The van der Waals surface area contributed by atoms with E-state index < -0.39 is 23.6 Å². The Morgan fingerprint density at radius 1 is 1.16 bits per heavy atom. The number of hydrogen-bond donors (Lipinski definition) is 3. The van der Waals surface area contributed by atoms with Crippen LogP contribution in [0.3, 0.4) is 0 Å². The van der Waals surface area contributed by atoms with Crippen molar-refractivity contribution < 1.29 is 23.4 Å². The minimum Gasteiger partial charge on any atom is -0.492 e. The number of hydrogen-bond acceptors (Lipinski definition) is 9. The first-order valence-electron chi connectivity index (χ1n) is 14.5. The number of aryl methyl sites for hydroxylation is 3. The predicted molar refractivity (Wildman–Crippen MR) is 158 cm³/mol. The lowest BCUT2D eigenvalue weighted by Gasteiger charge is -2.25. The zero-order chi connectivity index (χ0) is 30.2. The van der Waals surface area contributed by atoms with E-state index in [1.165, 1.54) is 11.9 Å². The molecule has 0 bridgehead atoms. The minimum atomic E-state index is -1.01. The fourth-order valence-corrected chi connectivity index (χ4v) is 5.23. The van der Waals surface area contributed by atoms with Crippen molar-refractivity contribution in [2.45, 2.75) is 44.6 Å². The molecule has 0 fully saturated rings. The number of halogens is 2. The monoisotopic (exact) mass is 594 g/mol. The van der Waals surface area contributed by atoms with Crippen LogP contribution in [0.15, 0.2) is 42.9 Å². The Morgan fingerprint density at radius 3 is 2.81 bits per heavy atom. The van der Waals surface area contributed by atoms with Crippen LogP contribution < -0.4 is 15.4 Å². The maximum Gasteiger partial charge on any atom is 0.326 e. The molecule has 228 valence electrons. The van der Waals surface area contributed by atoms with Crippen molar-refractivity contribution in [1.29, 1.82) is 0 Å². The maximum atomic E-state index is 13.6. The number of carboxylic acid groups (broad SMARTS) is 1. The summed E-state index contributed by atoms with van der Waals surface area (Å²) in [7, 11) is 1.75. The molecule has 1 atom stereocenters. The topological polar surface area (TPSA) is 130 Å². The third kappa shape index (κ3) is 8.13. The normalized spacial score (nSPS) is 13.5. The van der Waals surface area contributed by atoms with E-state index in [4.69, 9.17) is 9.72 Å². The van der Waals surface area contributed by atoms with Gasteiger partial charge in [-0.3, -0.25) is 9.58 Å². The Balaban J connectivity index is 1.19. The van der Waals surface area contributed by atoms with Crippen LogP contribution in [-0.4, -0.2) is 79.5 Å². The van der Waals surface area contributed by atoms with Crippen molar-refractivity contribution >= 4 is 28.6 Å². The molecule has 0 saturated heterocycles. The fraction of sp³-hybridized carbons (Fsp3) is 0.433. The number of nitrogens with one attached hydrogen (secondary N) is 2. The van der Waals surface area contributed by atoms with E-state index in [0.29, 0.717) is 36.5 Å². The summed E-state index contributed by atoms with van der Waals surface area (Å²) >= 11 is 0. The number of anilines is 2. The number of unbranched alkanes of at least 4 members (excludes halogenated alkanes) is 1. The Labute approximate surface area is 248 Å². The van der Waals surface area contributed by atoms with Gasteiger partial charge in [0, 0.05) is 50.6 Å². The molecule has 4 heterocycles. The molecule has 0 saturated carbocycles. The summed E-state index contributed by atoms with van der Waals surface area (Å²) < 4.78 is 34.4. The first kappa shape index (κ1) is 30.1. The first-order valence-corrected chi connectivity index (χ1v) is 14.5. The van der Waals surface area contributed by atoms with Crippen LogP contribution >= 0.6 is 0 Å².